The van der Waals surface area contributed by atoms with E-state index in [0.29, 0.717) is 10.7 Å². The highest BCUT2D eigenvalue weighted by Gasteiger charge is 2.18. The van der Waals surface area contributed by atoms with Crippen LogP contribution in [0.15, 0.2) is 42.5 Å². The predicted molar refractivity (Wildman–Crippen MR) is 75.2 cm³/mol. The zero-order valence-corrected chi connectivity index (χ0v) is 10.5. The molecule has 0 unspecified atom stereocenters. The molecule has 2 aliphatic heterocycles. The van der Waals surface area contributed by atoms with Crippen molar-refractivity contribution >= 4 is 33.4 Å². The number of hydrogen-bond donors (Lipinski definition) is 1. The van der Waals surface area contributed by atoms with E-state index >= 15 is 0 Å². The van der Waals surface area contributed by atoms with Gasteiger partial charge in [-0.1, -0.05) is 29.8 Å². The first kappa shape index (κ1) is 10.8. The van der Waals surface area contributed by atoms with Gasteiger partial charge in [-0.15, -0.1) is 0 Å². The van der Waals surface area contributed by atoms with Crippen molar-refractivity contribution in [1.82, 2.24) is 9.97 Å². The maximum absolute atomic E-state index is 13.4. The molecule has 0 radical (unpaired) electrons. The van der Waals surface area contributed by atoms with Crippen LogP contribution in [0.5, 0.6) is 0 Å². The molecule has 2 nitrogen and oxygen atoms in total. The molecule has 0 aromatic heterocycles. The minimum Gasteiger partial charge on any atom is -0.353 e. The SMILES string of the molecule is Fc1ccc2nc3c(Cl)c4ccccc4[nH]c-3c2c1. The molecule has 0 amide bonds. The van der Waals surface area contributed by atoms with Crippen molar-refractivity contribution in [2.75, 3.05) is 0 Å². The zero-order valence-electron chi connectivity index (χ0n) is 9.74. The fraction of sp³-hybridized carbons (Fsp3) is 0. The number of nitrogens with one attached hydrogen (secondary N) is 1. The van der Waals surface area contributed by atoms with Gasteiger partial charge in [-0.25, -0.2) is 9.37 Å². The van der Waals surface area contributed by atoms with Gasteiger partial charge in [-0.3, -0.25) is 0 Å². The van der Waals surface area contributed by atoms with E-state index < -0.39 is 0 Å². The average molecular weight is 271 g/mol. The van der Waals surface area contributed by atoms with Gasteiger partial charge in [0.15, 0.2) is 0 Å². The Hall–Kier alpha value is -2.13. The Morgan fingerprint density at radius 3 is 2.79 bits per heavy atom. The minimum absolute atomic E-state index is 0.278. The van der Waals surface area contributed by atoms with Crippen LogP contribution in [-0.2, 0) is 0 Å². The predicted octanol–water partition coefficient (Wildman–Crippen LogP) is 4.61. The van der Waals surface area contributed by atoms with Crippen molar-refractivity contribution in [3.05, 3.63) is 53.3 Å². The van der Waals surface area contributed by atoms with E-state index in [9.17, 15) is 4.39 Å². The first-order valence-corrected chi connectivity index (χ1v) is 6.27. The van der Waals surface area contributed by atoms with Gasteiger partial charge < -0.3 is 4.98 Å². The summed E-state index contributed by atoms with van der Waals surface area (Å²) in [6.45, 7) is 0. The molecule has 92 valence electrons. The van der Waals surface area contributed by atoms with Crippen LogP contribution in [0, 0.1) is 5.82 Å². The van der Waals surface area contributed by atoms with E-state index in [1.165, 1.54) is 12.1 Å². The van der Waals surface area contributed by atoms with E-state index in [2.05, 4.69) is 9.97 Å². The standard InChI is InChI=1S/C15H8ClFN2/c16-13-9-3-1-2-4-11(9)18-14-10-7-8(17)5-6-12(10)19-15(13)14/h1-7,18H. The third-order valence-corrected chi connectivity index (χ3v) is 3.71. The first-order valence-electron chi connectivity index (χ1n) is 5.89. The lowest BCUT2D eigenvalue weighted by Gasteiger charge is -2.06. The van der Waals surface area contributed by atoms with Crippen molar-refractivity contribution < 1.29 is 4.39 Å². The molecule has 0 bridgehead atoms. The number of halogens is 2. The number of hydrogen-bond acceptors (Lipinski definition) is 1. The Bertz CT molecular complexity index is 897. The highest BCUT2D eigenvalue weighted by Crippen LogP contribution is 2.38. The summed E-state index contributed by atoms with van der Waals surface area (Å²) in [4.78, 5) is 7.76. The van der Waals surface area contributed by atoms with Gasteiger partial charge in [0, 0.05) is 16.3 Å². The molecule has 4 heteroatoms. The Kier molecular flexibility index (Phi) is 2.09. The van der Waals surface area contributed by atoms with E-state index in [1.54, 1.807) is 6.07 Å². The van der Waals surface area contributed by atoms with Gasteiger partial charge in [0.05, 0.1) is 16.2 Å². The third-order valence-electron chi connectivity index (χ3n) is 3.33. The van der Waals surface area contributed by atoms with Gasteiger partial charge in [-0.05, 0) is 24.3 Å². The van der Waals surface area contributed by atoms with E-state index in [-0.39, 0.29) is 5.82 Å². The summed E-state index contributed by atoms with van der Waals surface area (Å²) >= 11 is 6.41. The van der Waals surface area contributed by atoms with Crippen LogP contribution in [-0.4, -0.2) is 9.97 Å². The number of nitrogens with zero attached hydrogens (tertiary/aromatic N) is 1. The molecule has 2 aromatic carbocycles. The molecule has 0 atom stereocenters. The van der Waals surface area contributed by atoms with Gasteiger partial charge in [-0.2, -0.15) is 0 Å². The Morgan fingerprint density at radius 1 is 1.05 bits per heavy atom. The van der Waals surface area contributed by atoms with Gasteiger partial charge >= 0.3 is 0 Å². The average Bonchev–Trinajstić information content (AvgIpc) is 2.78. The van der Waals surface area contributed by atoms with Crippen molar-refractivity contribution in [2.45, 2.75) is 0 Å². The minimum atomic E-state index is -0.278. The smallest absolute Gasteiger partial charge is 0.124 e. The number of benzene rings is 2. The van der Waals surface area contributed by atoms with Gasteiger partial charge in [0.2, 0.25) is 0 Å². The fourth-order valence-corrected chi connectivity index (χ4v) is 2.74. The molecule has 0 fully saturated rings. The molecule has 0 spiro atoms. The number of H-pyrrole nitrogens is 1. The quantitative estimate of drug-likeness (QED) is 0.496. The molecule has 2 aromatic rings. The van der Waals surface area contributed by atoms with Crippen LogP contribution in [0.3, 0.4) is 0 Å². The maximum Gasteiger partial charge on any atom is 0.124 e. The third kappa shape index (κ3) is 1.45. The van der Waals surface area contributed by atoms with Crippen molar-refractivity contribution in [1.29, 1.82) is 0 Å². The summed E-state index contributed by atoms with van der Waals surface area (Å²) < 4.78 is 13.4. The summed E-state index contributed by atoms with van der Waals surface area (Å²) in [6, 6.07) is 12.3. The molecule has 0 aliphatic carbocycles. The summed E-state index contributed by atoms with van der Waals surface area (Å²) in [5, 5.41) is 2.27. The molecule has 0 saturated carbocycles. The second kappa shape index (κ2) is 3.68. The van der Waals surface area contributed by atoms with Crippen molar-refractivity contribution in [3.8, 4) is 11.4 Å². The van der Waals surface area contributed by atoms with Gasteiger partial charge in [0.1, 0.15) is 11.5 Å². The molecular weight excluding hydrogens is 263 g/mol. The molecular formula is C15H8ClFN2. The number of fused-ring (bicyclic) bond motifs is 4. The van der Waals surface area contributed by atoms with Crippen LogP contribution in [0.2, 0.25) is 5.02 Å². The maximum atomic E-state index is 13.4. The van der Waals surface area contributed by atoms with Crippen molar-refractivity contribution in [3.63, 3.8) is 0 Å². The number of para-hydroxylation sites is 1. The highest BCUT2D eigenvalue weighted by atomic mass is 35.5. The molecule has 4 rings (SSSR count). The molecule has 1 N–H and O–H groups in total. The molecule has 2 heterocycles. The summed E-state index contributed by atoms with van der Waals surface area (Å²) in [5.41, 5.74) is 3.11. The highest BCUT2D eigenvalue weighted by molar-refractivity contribution is 6.38. The lowest BCUT2D eigenvalue weighted by atomic mass is 10.1. The number of aromatic amines is 1. The largest absolute Gasteiger partial charge is 0.353 e. The number of rotatable bonds is 0. The normalized spacial score (nSPS) is 11.7. The Labute approximate surface area is 113 Å². The lowest BCUT2D eigenvalue weighted by molar-refractivity contribution is 0.630. The van der Waals surface area contributed by atoms with E-state index in [1.807, 2.05) is 24.3 Å². The Morgan fingerprint density at radius 2 is 1.89 bits per heavy atom. The summed E-state index contributed by atoms with van der Waals surface area (Å²) in [7, 11) is 0. The monoisotopic (exact) mass is 270 g/mol. The van der Waals surface area contributed by atoms with Crippen LogP contribution in [0.1, 0.15) is 0 Å². The zero-order chi connectivity index (χ0) is 13.0. The van der Waals surface area contributed by atoms with Crippen LogP contribution in [0.4, 0.5) is 4.39 Å². The fourth-order valence-electron chi connectivity index (χ4n) is 2.44. The topological polar surface area (TPSA) is 28.7 Å². The molecule has 0 saturated heterocycles. The molecule has 19 heavy (non-hydrogen) atoms. The van der Waals surface area contributed by atoms with Crippen LogP contribution in [0.25, 0.3) is 33.2 Å². The lowest BCUT2D eigenvalue weighted by Crippen LogP contribution is -1.88. The second-order valence-corrected chi connectivity index (χ2v) is 4.86. The Balaban J connectivity index is 2.26. The first-order chi connectivity index (χ1) is 9.24. The summed E-state index contributed by atoms with van der Waals surface area (Å²) in [6.07, 6.45) is 0. The van der Waals surface area contributed by atoms with Crippen LogP contribution >= 0.6 is 11.6 Å². The van der Waals surface area contributed by atoms with E-state index in [4.69, 9.17) is 11.6 Å². The van der Waals surface area contributed by atoms with Gasteiger partial charge in [0.25, 0.3) is 0 Å². The van der Waals surface area contributed by atoms with E-state index in [0.717, 1.165) is 27.5 Å². The number of aromatic nitrogens is 2. The summed E-state index contributed by atoms with van der Waals surface area (Å²) in [5.74, 6) is -0.278. The van der Waals surface area contributed by atoms with Crippen LogP contribution < -0.4 is 0 Å². The molecule has 2 aliphatic rings. The second-order valence-electron chi connectivity index (χ2n) is 4.48. The number of pyridine rings is 1. The van der Waals surface area contributed by atoms with Crippen molar-refractivity contribution in [2.24, 2.45) is 0 Å².